The summed E-state index contributed by atoms with van der Waals surface area (Å²) in [6.07, 6.45) is 8.89. The van der Waals surface area contributed by atoms with Gasteiger partial charge in [-0.25, -0.2) is 4.79 Å². The predicted molar refractivity (Wildman–Crippen MR) is 81.9 cm³/mol. The molecule has 1 aliphatic heterocycles. The van der Waals surface area contributed by atoms with Gasteiger partial charge in [0, 0.05) is 0 Å². The monoisotopic (exact) mass is 302 g/mol. The first-order chi connectivity index (χ1) is 10.4. The highest BCUT2D eigenvalue weighted by Gasteiger charge is 2.66. The third kappa shape index (κ3) is 1.81. The summed E-state index contributed by atoms with van der Waals surface area (Å²) in [7, 11) is 0. The Morgan fingerprint density at radius 1 is 1.05 bits per heavy atom. The van der Waals surface area contributed by atoms with E-state index in [2.05, 4.69) is 12.2 Å². The number of esters is 1. The lowest BCUT2D eigenvalue weighted by Gasteiger charge is -2.36. The van der Waals surface area contributed by atoms with Crippen molar-refractivity contribution in [3.05, 3.63) is 12.2 Å². The smallest absolute Gasteiger partial charge is 0.338 e. The lowest BCUT2D eigenvalue weighted by molar-refractivity contribution is -0.156. The van der Waals surface area contributed by atoms with Crippen molar-refractivity contribution in [3.63, 3.8) is 0 Å². The van der Waals surface area contributed by atoms with Crippen LogP contribution < -0.4 is 0 Å². The van der Waals surface area contributed by atoms with E-state index >= 15 is 0 Å². The Morgan fingerprint density at radius 3 is 2.45 bits per heavy atom. The van der Waals surface area contributed by atoms with Gasteiger partial charge in [-0.2, -0.15) is 0 Å². The van der Waals surface area contributed by atoms with Crippen LogP contribution in [0.1, 0.15) is 40.0 Å². The second-order valence-electron chi connectivity index (χ2n) is 9.22. The first kappa shape index (κ1) is 13.6. The molecule has 0 radical (unpaired) electrons. The minimum atomic E-state index is -0.414. The zero-order chi connectivity index (χ0) is 15.2. The fourth-order valence-corrected chi connectivity index (χ4v) is 6.44. The molecule has 3 heteroatoms. The van der Waals surface area contributed by atoms with Gasteiger partial charge in [0.25, 0.3) is 0 Å². The van der Waals surface area contributed by atoms with Gasteiger partial charge >= 0.3 is 5.97 Å². The second kappa shape index (κ2) is 4.17. The van der Waals surface area contributed by atoms with Crippen LogP contribution in [0.4, 0.5) is 0 Å². The van der Waals surface area contributed by atoms with Crippen LogP contribution >= 0.6 is 0 Å². The molecule has 120 valence electrons. The van der Waals surface area contributed by atoms with Crippen molar-refractivity contribution in [3.8, 4) is 0 Å². The summed E-state index contributed by atoms with van der Waals surface area (Å²) < 4.78 is 11.3. The van der Waals surface area contributed by atoms with Crippen LogP contribution in [0.25, 0.3) is 0 Å². The Kier molecular flexibility index (Phi) is 2.58. The molecule has 1 saturated heterocycles. The Hall–Kier alpha value is -0.830. The van der Waals surface area contributed by atoms with E-state index in [9.17, 15) is 4.79 Å². The lowest BCUT2D eigenvalue weighted by atomic mass is 9.68. The van der Waals surface area contributed by atoms with Crippen LogP contribution in [0.15, 0.2) is 12.2 Å². The number of allylic oxidation sites excluding steroid dienone is 2. The van der Waals surface area contributed by atoms with Gasteiger partial charge in [-0.1, -0.05) is 12.2 Å². The molecule has 3 saturated carbocycles. The number of fused-ring (bicyclic) bond motifs is 9. The van der Waals surface area contributed by atoms with Crippen LogP contribution in [0, 0.1) is 41.4 Å². The predicted octanol–water partition coefficient (Wildman–Crippen LogP) is 3.19. The molecule has 0 aromatic carbocycles. The second-order valence-corrected chi connectivity index (χ2v) is 9.22. The topological polar surface area (TPSA) is 38.8 Å². The van der Waals surface area contributed by atoms with Crippen molar-refractivity contribution in [2.75, 3.05) is 0 Å². The van der Waals surface area contributed by atoms with E-state index in [1.54, 1.807) is 0 Å². The highest BCUT2D eigenvalue weighted by atomic mass is 16.6. The number of hydrogen-bond donors (Lipinski definition) is 0. The van der Waals surface area contributed by atoms with Gasteiger partial charge in [0.15, 0.2) is 6.10 Å². The van der Waals surface area contributed by atoms with Crippen molar-refractivity contribution in [2.24, 2.45) is 41.4 Å². The Balaban J connectivity index is 1.28. The molecule has 4 fully saturated rings. The van der Waals surface area contributed by atoms with Gasteiger partial charge < -0.3 is 9.47 Å². The molecule has 5 rings (SSSR count). The van der Waals surface area contributed by atoms with Crippen LogP contribution in [0.5, 0.6) is 0 Å². The molecule has 0 aromatic rings. The number of hydrogen-bond acceptors (Lipinski definition) is 3. The highest BCUT2D eigenvalue weighted by Crippen LogP contribution is 2.68. The summed E-state index contributed by atoms with van der Waals surface area (Å²) in [6.45, 7) is 5.77. The summed E-state index contributed by atoms with van der Waals surface area (Å²) >= 11 is 0. The first-order valence-corrected chi connectivity index (χ1v) is 8.99. The fraction of sp³-hybridized carbons (Fsp3) is 0.842. The molecule has 0 amide bonds. The molecule has 4 aliphatic carbocycles. The number of carbonyl (C=O) groups excluding carboxylic acids is 1. The quantitative estimate of drug-likeness (QED) is 0.340. The molecule has 9 atom stereocenters. The van der Waals surface area contributed by atoms with Gasteiger partial charge in [0.2, 0.25) is 0 Å². The molecule has 22 heavy (non-hydrogen) atoms. The molecule has 9 unspecified atom stereocenters. The standard InChI is InChI=1S/C19H26O3/c1-19(2,3)22-18(20)17-16(21-17)13-8-11-7-12(13)15-10-5-4-9(6-10)14(11)15/h4-5,9-17H,6-8H2,1-3H3. The minimum Gasteiger partial charge on any atom is -0.458 e. The van der Waals surface area contributed by atoms with Crippen molar-refractivity contribution in [1.82, 2.24) is 0 Å². The Labute approximate surface area is 132 Å². The summed E-state index contributed by atoms with van der Waals surface area (Å²) in [5.41, 5.74) is -0.414. The molecule has 0 N–H and O–H groups in total. The van der Waals surface area contributed by atoms with Crippen molar-refractivity contribution >= 4 is 5.97 Å². The Bertz CT molecular complexity index is 545. The van der Waals surface area contributed by atoms with Crippen molar-refractivity contribution < 1.29 is 14.3 Å². The molecule has 1 heterocycles. The van der Waals surface area contributed by atoms with E-state index in [1.807, 2.05) is 20.8 Å². The summed E-state index contributed by atoms with van der Waals surface area (Å²) in [4.78, 5) is 12.2. The van der Waals surface area contributed by atoms with Crippen molar-refractivity contribution in [1.29, 1.82) is 0 Å². The average Bonchev–Trinajstić information content (AvgIpc) is 2.86. The van der Waals surface area contributed by atoms with Gasteiger partial charge in [-0.3, -0.25) is 0 Å². The van der Waals surface area contributed by atoms with Crippen LogP contribution in [0.2, 0.25) is 0 Å². The summed E-state index contributed by atoms with van der Waals surface area (Å²) in [5.74, 6) is 5.69. The van der Waals surface area contributed by atoms with E-state index in [0.717, 1.165) is 35.5 Å². The first-order valence-electron chi connectivity index (χ1n) is 8.99. The minimum absolute atomic E-state index is 0.147. The summed E-state index contributed by atoms with van der Waals surface area (Å²) in [5, 5.41) is 0. The maximum Gasteiger partial charge on any atom is 0.338 e. The number of carbonyl (C=O) groups is 1. The largest absolute Gasteiger partial charge is 0.458 e. The SMILES string of the molecule is CC(C)(C)OC(=O)C1OC1C1CC2CC1C1C3C=CC(C3)C21. The van der Waals surface area contributed by atoms with Gasteiger partial charge in [-0.05, 0) is 81.5 Å². The molecule has 5 aliphatic rings. The number of epoxide rings is 1. The zero-order valence-electron chi connectivity index (χ0n) is 13.7. The van der Waals surface area contributed by atoms with E-state index < -0.39 is 5.60 Å². The van der Waals surface area contributed by atoms with Crippen LogP contribution in [-0.4, -0.2) is 23.8 Å². The van der Waals surface area contributed by atoms with Crippen LogP contribution in [-0.2, 0) is 14.3 Å². The van der Waals surface area contributed by atoms with E-state index in [0.29, 0.717) is 5.92 Å². The number of ether oxygens (including phenoxy) is 2. The molecule has 3 nitrogen and oxygen atoms in total. The van der Waals surface area contributed by atoms with Crippen molar-refractivity contribution in [2.45, 2.75) is 57.8 Å². The average molecular weight is 302 g/mol. The van der Waals surface area contributed by atoms with Gasteiger partial charge in [0.05, 0.1) is 6.10 Å². The molecule has 0 spiro atoms. The van der Waals surface area contributed by atoms with E-state index in [4.69, 9.17) is 9.47 Å². The maximum absolute atomic E-state index is 12.2. The molecule has 4 bridgehead atoms. The normalized spacial score (nSPS) is 53.9. The highest BCUT2D eigenvalue weighted by molar-refractivity contribution is 5.78. The molecular formula is C19H26O3. The Morgan fingerprint density at radius 2 is 1.73 bits per heavy atom. The molecule has 0 aromatic heterocycles. The third-order valence-electron chi connectivity index (χ3n) is 6.91. The molecular weight excluding hydrogens is 276 g/mol. The summed E-state index contributed by atoms with van der Waals surface area (Å²) in [6, 6.07) is 0. The lowest BCUT2D eigenvalue weighted by Crippen LogP contribution is -2.35. The number of rotatable bonds is 2. The third-order valence-corrected chi connectivity index (χ3v) is 6.91. The fourth-order valence-electron chi connectivity index (χ4n) is 6.44. The van der Waals surface area contributed by atoms with E-state index in [-0.39, 0.29) is 18.2 Å². The van der Waals surface area contributed by atoms with Gasteiger partial charge in [0.1, 0.15) is 5.60 Å². The van der Waals surface area contributed by atoms with Crippen LogP contribution in [0.3, 0.4) is 0 Å². The zero-order valence-corrected chi connectivity index (χ0v) is 13.7. The van der Waals surface area contributed by atoms with Gasteiger partial charge in [-0.15, -0.1) is 0 Å². The maximum atomic E-state index is 12.2. The van der Waals surface area contributed by atoms with E-state index in [1.165, 1.54) is 19.3 Å².